The first-order valence-corrected chi connectivity index (χ1v) is 13.2. The summed E-state index contributed by atoms with van der Waals surface area (Å²) in [5.74, 6) is -0.350. The second kappa shape index (κ2) is 11.1. The van der Waals surface area contributed by atoms with Gasteiger partial charge >= 0.3 is 6.09 Å². The van der Waals surface area contributed by atoms with E-state index < -0.39 is 17.2 Å². The third-order valence-corrected chi connectivity index (χ3v) is 8.17. The fraction of sp³-hybridized carbons (Fsp3) is 0.536. The number of ether oxygens (including phenoxy) is 1. The Labute approximate surface area is 220 Å². The summed E-state index contributed by atoms with van der Waals surface area (Å²) in [5.41, 5.74) is -0.658. The van der Waals surface area contributed by atoms with Gasteiger partial charge in [0.15, 0.2) is 0 Å². The third kappa shape index (κ3) is 5.83. The normalized spacial score (nSPS) is 23.3. The molecule has 3 aliphatic rings. The van der Waals surface area contributed by atoms with Crippen molar-refractivity contribution in [3.63, 3.8) is 0 Å². The minimum Gasteiger partial charge on any atom is -0.467 e. The van der Waals surface area contributed by atoms with E-state index in [2.05, 4.69) is 5.32 Å². The van der Waals surface area contributed by atoms with Gasteiger partial charge in [0, 0.05) is 50.5 Å². The number of nitriles is 1. The Morgan fingerprint density at radius 3 is 2.50 bits per heavy atom. The quantitative estimate of drug-likeness (QED) is 0.576. The van der Waals surface area contributed by atoms with Crippen LogP contribution in [-0.2, 0) is 22.6 Å². The van der Waals surface area contributed by atoms with Gasteiger partial charge in [0.05, 0.1) is 31.0 Å². The van der Waals surface area contributed by atoms with Gasteiger partial charge in [-0.05, 0) is 55.9 Å². The van der Waals surface area contributed by atoms with Gasteiger partial charge in [0.1, 0.15) is 23.0 Å². The van der Waals surface area contributed by atoms with Gasteiger partial charge < -0.3 is 19.4 Å². The van der Waals surface area contributed by atoms with E-state index in [0.717, 1.165) is 43.6 Å². The molecule has 2 aliphatic heterocycles. The molecule has 202 valence electrons. The minimum absolute atomic E-state index is 0.0202. The summed E-state index contributed by atoms with van der Waals surface area (Å²) in [4.78, 5) is 29.0. The van der Waals surface area contributed by atoms with Crippen molar-refractivity contribution in [2.75, 3.05) is 26.2 Å². The van der Waals surface area contributed by atoms with E-state index in [4.69, 9.17) is 14.4 Å². The van der Waals surface area contributed by atoms with Gasteiger partial charge in [-0.25, -0.2) is 13.6 Å². The molecule has 3 fully saturated rings. The lowest BCUT2D eigenvalue weighted by atomic mass is 9.81. The molecular weight excluding hydrogens is 494 g/mol. The molecule has 1 aliphatic carbocycles. The summed E-state index contributed by atoms with van der Waals surface area (Å²) < 4.78 is 39.7. The van der Waals surface area contributed by atoms with Crippen LogP contribution in [0, 0.1) is 34.8 Å². The summed E-state index contributed by atoms with van der Waals surface area (Å²) >= 11 is 0. The summed E-state index contributed by atoms with van der Waals surface area (Å²) in [6, 6.07) is 7.50. The predicted octanol–water partition coefficient (Wildman–Crippen LogP) is 4.34. The molecule has 3 heterocycles. The van der Waals surface area contributed by atoms with Crippen molar-refractivity contribution in [2.24, 2.45) is 11.8 Å². The number of nitrogens with zero attached hydrogens (tertiary/aromatic N) is 3. The molecule has 0 bridgehead atoms. The molecule has 1 spiro atoms. The summed E-state index contributed by atoms with van der Waals surface area (Å²) in [5, 5.41) is 11.8. The van der Waals surface area contributed by atoms with Gasteiger partial charge in [-0.1, -0.05) is 0 Å². The zero-order valence-corrected chi connectivity index (χ0v) is 21.3. The van der Waals surface area contributed by atoms with Crippen LogP contribution >= 0.6 is 0 Å². The molecular formula is C28H32F2N4O4. The fourth-order valence-electron chi connectivity index (χ4n) is 5.91. The van der Waals surface area contributed by atoms with Crippen molar-refractivity contribution >= 4 is 12.0 Å². The van der Waals surface area contributed by atoms with Crippen molar-refractivity contribution < 1.29 is 27.5 Å². The highest BCUT2D eigenvalue weighted by Gasteiger charge is 2.47. The Balaban J connectivity index is 1.07. The lowest BCUT2D eigenvalue weighted by molar-refractivity contribution is -0.126. The van der Waals surface area contributed by atoms with E-state index in [0.29, 0.717) is 51.5 Å². The molecule has 0 atom stereocenters. The van der Waals surface area contributed by atoms with E-state index in [1.165, 1.54) is 0 Å². The van der Waals surface area contributed by atoms with E-state index >= 15 is 0 Å². The van der Waals surface area contributed by atoms with Crippen LogP contribution in [0.4, 0.5) is 13.6 Å². The number of carbonyl (C=O) groups excluding carboxylic acids is 2. The van der Waals surface area contributed by atoms with Gasteiger partial charge in [0.25, 0.3) is 0 Å². The molecule has 0 unspecified atom stereocenters. The van der Waals surface area contributed by atoms with Crippen molar-refractivity contribution in [1.29, 1.82) is 5.26 Å². The highest BCUT2D eigenvalue weighted by molar-refractivity contribution is 5.78. The van der Waals surface area contributed by atoms with Crippen LogP contribution in [-0.4, -0.2) is 53.6 Å². The standard InChI is InChI=1S/C28H32F2N4O4/c29-24-12-20(14-31)13-25(30)23(24)17-33-9-7-28(8-10-33)18-34(27(36)38-28)16-19-3-5-21(6-4-19)26(35)32-15-22-2-1-11-37-22/h1-2,11-13,19,21H,3-10,15-18H2,(H,32,35). The maximum atomic E-state index is 14.3. The van der Waals surface area contributed by atoms with E-state index in [-0.39, 0.29) is 35.6 Å². The molecule has 2 aromatic rings. The number of nitrogens with one attached hydrogen (secondary N) is 1. The molecule has 5 rings (SSSR count). The molecule has 1 aromatic heterocycles. The summed E-state index contributed by atoms with van der Waals surface area (Å²) in [6.07, 6.45) is 5.81. The second-order valence-corrected chi connectivity index (χ2v) is 10.8. The van der Waals surface area contributed by atoms with Gasteiger partial charge in [-0.2, -0.15) is 5.26 Å². The minimum atomic E-state index is -0.718. The second-order valence-electron chi connectivity index (χ2n) is 10.8. The average molecular weight is 527 g/mol. The molecule has 8 nitrogen and oxygen atoms in total. The average Bonchev–Trinajstić information content (AvgIpc) is 3.54. The zero-order valence-electron chi connectivity index (χ0n) is 21.3. The first-order valence-electron chi connectivity index (χ1n) is 13.2. The van der Waals surface area contributed by atoms with Crippen LogP contribution in [0.3, 0.4) is 0 Å². The number of carbonyl (C=O) groups is 2. The van der Waals surface area contributed by atoms with Crippen LogP contribution < -0.4 is 5.32 Å². The first-order chi connectivity index (χ1) is 18.3. The van der Waals surface area contributed by atoms with Crippen LogP contribution in [0.2, 0.25) is 0 Å². The summed E-state index contributed by atoms with van der Waals surface area (Å²) in [7, 11) is 0. The number of amides is 2. The van der Waals surface area contributed by atoms with Gasteiger partial charge in [-0.3, -0.25) is 9.69 Å². The first kappa shape index (κ1) is 26.2. The van der Waals surface area contributed by atoms with Crippen molar-refractivity contribution in [3.05, 3.63) is 59.1 Å². The number of benzene rings is 1. The Kier molecular flexibility index (Phi) is 7.65. The number of rotatable bonds is 7. The Hall–Kier alpha value is -3.45. The lowest BCUT2D eigenvalue weighted by Gasteiger charge is -2.37. The Morgan fingerprint density at radius 1 is 1.16 bits per heavy atom. The molecule has 1 aromatic carbocycles. The predicted molar refractivity (Wildman–Crippen MR) is 132 cm³/mol. The molecule has 2 amide bonds. The van der Waals surface area contributed by atoms with Crippen LogP contribution in [0.1, 0.15) is 55.4 Å². The van der Waals surface area contributed by atoms with Crippen LogP contribution in [0.5, 0.6) is 0 Å². The van der Waals surface area contributed by atoms with Crippen molar-refractivity contribution in [2.45, 2.75) is 57.2 Å². The fourth-order valence-corrected chi connectivity index (χ4v) is 5.91. The Bertz CT molecular complexity index is 1170. The van der Waals surface area contributed by atoms with Crippen molar-refractivity contribution in [3.8, 4) is 6.07 Å². The topological polar surface area (TPSA) is 98.8 Å². The molecule has 10 heteroatoms. The number of hydrogen-bond donors (Lipinski definition) is 1. The Morgan fingerprint density at radius 2 is 1.87 bits per heavy atom. The summed E-state index contributed by atoms with van der Waals surface area (Å²) in [6.45, 7) is 2.74. The molecule has 38 heavy (non-hydrogen) atoms. The van der Waals surface area contributed by atoms with Crippen LogP contribution in [0.25, 0.3) is 0 Å². The van der Waals surface area contributed by atoms with Crippen molar-refractivity contribution in [1.82, 2.24) is 15.1 Å². The highest BCUT2D eigenvalue weighted by atomic mass is 19.1. The van der Waals surface area contributed by atoms with E-state index in [1.54, 1.807) is 23.3 Å². The smallest absolute Gasteiger partial charge is 0.410 e. The SMILES string of the molecule is N#Cc1cc(F)c(CN2CCC3(CC2)CN(CC2CCC(C(=O)NCc4ccco4)CC2)C(=O)O3)c(F)c1. The van der Waals surface area contributed by atoms with E-state index in [1.807, 2.05) is 11.0 Å². The monoisotopic (exact) mass is 526 g/mol. The zero-order chi connectivity index (χ0) is 26.7. The lowest BCUT2D eigenvalue weighted by Crippen LogP contribution is -2.47. The molecule has 2 saturated heterocycles. The maximum Gasteiger partial charge on any atom is 0.410 e. The number of furan rings is 1. The molecule has 1 saturated carbocycles. The number of hydrogen-bond acceptors (Lipinski definition) is 6. The maximum absolute atomic E-state index is 14.3. The third-order valence-electron chi connectivity index (χ3n) is 8.17. The molecule has 1 N–H and O–H groups in total. The largest absolute Gasteiger partial charge is 0.467 e. The van der Waals surface area contributed by atoms with E-state index in [9.17, 15) is 18.4 Å². The number of piperidine rings is 1. The molecule has 0 radical (unpaired) electrons. The number of halogens is 2. The highest BCUT2D eigenvalue weighted by Crippen LogP contribution is 2.36. The van der Waals surface area contributed by atoms with Gasteiger partial charge in [0.2, 0.25) is 5.91 Å². The van der Waals surface area contributed by atoms with Gasteiger partial charge in [-0.15, -0.1) is 0 Å². The number of likely N-dealkylation sites (tertiary alicyclic amines) is 1. The van der Waals surface area contributed by atoms with Crippen LogP contribution in [0.15, 0.2) is 34.9 Å².